The number of nitrogens with one attached hydrogen (secondary N) is 1. The van der Waals surface area contributed by atoms with Crippen LogP contribution in [0.15, 0.2) is 42.5 Å². The fraction of sp³-hybridized carbons (Fsp3) is 0.278. The highest BCUT2D eigenvalue weighted by Crippen LogP contribution is 2.18. The molecule has 0 saturated heterocycles. The molecule has 0 saturated carbocycles. The third kappa shape index (κ3) is 3.89. The van der Waals surface area contributed by atoms with Gasteiger partial charge in [0.2, 0.25) is 0 Å². The molecule has 1 amide bonds. The van der Waals surface area contributed by atoms with Crippen LogP contribution < -0.4 is 5.32 Å². The standard InChI is InChI=1S/C18H18ClFN2O/c19-17-11-15(20)5-6-16(17)18(23)21-8-10-22-9-7-13-3-1-2-4-14(13)12-22/h1-6,11H,7-10,12H2,(H,21,23). The second kappa shape index (κ2) is 7.11. The molecule has 1 aliphatic heterocycles. The lowest BCUT2D eigenvalue weighted by atomic mass is 10.00. The number of amides is 1. The van der Waals surface area contributed by atoms with Crippen LogP contribution in [0.25, 0.3) is 0 Å². The van der Waals surface area contributed by atoms with Crippen molar-refractivity contribution < 1.29 is 9.18 Å². The Kier molecular flexibility index (Phi) is 4.94. The fourth-order valence-electron chi connectivity index (χ4n) is 2.84. The summed E-state index contributed by atoms with van der Waals surface area (Å²) >= 11 is 5.90. The SMILES string of the molecule is O=C(NCCN1CCc2ccccc2C1)c1ccc(F)cc1Cl. The first-order valence-electron chi connectivity index (χ1n) is 7.66. The zero-order chi connectivity index (χ0) is 16.2. The van der Waals surface area contributed by atoms with Gasteiger partial charge in [-0.3, -0.25) is 9.69 Å². The maximum atomic E-state index is 13.0. The molecule has 0 unspecified atom stereocenters. The van der Waals surface area contributed by atoms with Gasteiger partial charge in [0.25, 0.3) is 5.91 Å². The van der Waals surface area contributed by atoms with Gasteiger partial charge in [0.15, 0.2) is 0 Å². The van der Waals surface area contributed by atoms with Crippen LogP contribution in [-0.2, 0) is 13.0 Å². The zero-order valence-electron chi connectivity index (χ0n) is 12.7. The number of fused-ring (bicyclic) bond motifs is 1. The van der Waals surface area contributed by atoms with E-state index in [-0.39, 0.29) is 10.9 Å². The van der Waals surface area contributed by atoms with Gasteiger partial charge in [0.05, 0.1) is 10.6 Å². The predicted octanol–water partition coefficient (Wildman–Crippen LogP) is 3.27. The second-order valence-electron chi connectivity index (χ2n) is 5.67. The first-order chi connectivity index (χ1) is 11.1. The number of halogens is 2. The van der Waals surface area contributed by atoms with Gasteiger partial charge < -0.3 is 5.32 Å². The van der Waals surface area contributed by atoms with Gasteiger partial charge in [-0.05, 0) is 35.7 Å². The van der Waals surface area contributed by atoms with Crippen molar-refractivity contribution in [3.63, 3.8) is 0 Å². The van der Waals surface area contributed by atoms with Crippen molar-refractivity contribution in [1.82, 2.24) is 10.2 Å². The third-order valence-corrected chi connectivity index (χ3v) is 4.41. The van der Waals surface area contributed by atoms with E-state index < -0.39 is 5.82 Å². The number of nitrogens with zero attached hydrogens (tertiary/aromatic N) is 1. The van der Waals surface area contributed by atoms with E-state index in [1.54, 1.807) is 0 Å². The summed E-state index contributed by atoms with van der Waals surface area (Å²) < 4.78 is 13.0. The van der Waals surface area contributed by atoms with E-state index in [1.807, 2.05) is 0 Å². The van der Waals surface area contributed by atoms with Crippen LogP contribution in [0.1, 0.15) is 21.5 Å². The molecule has 1 N–H and O–H groups in total. The van der Waals surface area contributed by atoms with Crippen molar-refractivity contribution in [3.05, 3.63) is 70.0 Å². The van der Waals surface area contributed by atoms with Gasteiger partial charge in [-0.15, -0.1) is 0 Å². The van der Waals surface area contributed by atoms with Gasteiger partial charge >= 0.3 is 0 Å². The summed E-state index contributed by atoms with van der Waals surface area (Å²) in [5, 5.41) is 2.98. The van der Waals surface area contributed by atoms with Crippen LogP contribution in [0.5, 0.6) is 0 Å². The minimum absolute atomic E-state index is 0.134. The van der Waals surface area contributed by atoms with Crippen molar-refractivity contribution in [1.29, 1.82) is 0 Å². The molecule has 2 aromatic carbocycles. The lowest BCUT2D eigenvalue weighted by Crippen LogP contribution is -2.37. The second-order valence-corrected chi connectivity index (χ2v) is 6.08. The molecular formula is C18H18ClFN2O. The molecule has 0 aromatic heterocycles. The lowest BCUT2D eigenvalue weighted by Gasteiger charge is -2.28. The molecule has 0 atom stereocenters. The molecule has 2 aromatic rings. The van der Waals surface area contributed by atoms with E-state index >= 15 is 0 Å². The number of hydrogen-bond acceptors (Lipinski definition) is 2. The maximum absolute atomic E-state index is 13.0. The zero-order valence-corrected chi connectivity index (χ0v) is 13.4. The molecule has 1 heterocycles. The first kappa shape index (κ1) is 16.0. The van der Waals surface area contributed by atoms with Crippen LogP contribution >= 0.6 is 11.6 Å². The van der Waals surface area contributed by atoms with E-state index in [0.29, 0.717) is 12.1 Å². The minimum atomic E-state index is -0.446. The van der Waals surface area contributed by atoms with Gasteiger partial charge in [-0.25, -0.2) is 4.39 Å². The summed E-state index contributed by atoms with van der Waals surface area (Å²) in [4.78, 5) is 14.4. The molecule has 120 valence electrons. The maximum Gasteiger partial charge on any atom is 0.252 e. The normalized spacial score (nSPS) is 14.3. The Balaban J connectivity index is 1.51. The Labute approximate surface area is 140 Å². The topological polar surface area (TPSA) is 32.3 Å². The molecule has 0 spiro atoms. The van der Waals surface area contributed by atoms with Crippen molar-refractivity contribution in [2.75, 3.05) is 19.6 Å². The molecule has 23 heavy (non-hydrogen) atoms. The highest BCUT2D eigenvalue weighted by molar-refractivity contribution is 6.33. The fourth-order valence-corrected chi connectivity index (χ4v) is 3.09. The van der Waals surface area contributed by atoms with E-state index in [2.05, 4.69) is 34.5 Å². The van der Waals surface area contributed by atoms with E-state index in [9.17, 15) is 9.18 Å². The highest BCUT2D eigenvalue weighted by Gasteiger charge is 2.16. The molecule has 3 rings (SSSR count). The average molecular weight is 333 g/mol. The van der Waals surface area contributed by atoms with Gasteiger partial charge in [0.1, 0.15) is 5.82 Å². The van der Waals surface area contributed by atoms with E-state index in [0.717, 1.165) is 32.1 Å². The number of carbonyl (C=O) groups is 1. The average Bonchev–Trinajstić information content (AvgIpc) is 2.54. The largest absolute Gasteiger partial charge is 0.351 e. The smallest absolute Gasteiger partial charge is 0.252 e. The molecule has 0 radical (unpaired) electrons. The summed E-state index contributed by atoms with van der Waals surface area (Å²) in [7, 11) is 0. The number of benzene rings is 2. The molecule has 0 fully saturated rings. The van der Waals surface area contributed by atoms with Crippen molar-refractivity contribution in [2.45, 2.75) is 13.0 Å². The lowest BCUT2D eigenvalue weighted by molar-refractivity contribution is 0.0947. The van der Waals surface area contributed by atoms with Crippen LogP contribution in [0.4, 0.5) is 4.39 Å². The van der Waals surface area contributed by atoms with Crippen molar-refractivity contribution >= 4 is 17.5 Å². The van der Waals surface area contributed by atoms with Gasteiger partial charge in [-0.2, -0.15) is 0 Å². The molecule has 0 aliphatic carbocycles. The molecule has 3 nitrogen and oxygen atoms in total. The molecule has 1 aliphatic rings. The van der Waals surface area contributed by atoms with Crippen molar-refractivity contribution in [3.8, 4) is 0 Å². The summed E-state index contributed by atoms with van der Waals surface area (Å²) in [6.07, 6.45) is 1.04. The van der Waals surface area contributed by atoms with E-state index in [4.69, 9.17) is 11.6 Å². The summed E-state index contributed by atoms with van der Waals surface area (Å²) in [5.74, 6) is -0.717. The molecule has 5 heteroatoms. The van der Waals surface area contributed by atoms with Crippen LogP contribution in [0, 0.1) is 5.82 Å². The highest BCUT2D eigenvalue weighted by atomic mass is 35.5. The van der Waals surface area contributed by atoms with E-state index in [1.165, 1.54) is 23.3 Å². The Hall–Kier alpha value is -1.91. The summed E-state index contributed by atoms with van der Waals surface area (Å²) in [6, 6.07) is 12.2. The number of carbonyl (C=O) groups excluding carboxylic acids is 1. The van der Waals surface area contributed by atoms with Crippen LogP contribution in [0.2, 0.25) is 5.02 Å². The number of rotatable bonds is 4. The Morgan fingerprint density at radius 3 is 2.78 bits per heavy atom. The monoisotopic (exact) mass is 332 g/mol. The third-order valence-electron chi connectivity index (χ3n) is 4.10. The Bertz CT molecular complexity index is 720. The summed E-state index contributed by atoms with van der Waals surface area (Å²) in [6.45, 7) is 3.21. The van der Waals surface area contributed by atoms with Gasteiger partial charge in [0, 0.05) is 26.2 Å². The molecular weight excluding hydrogens is 315 g/mol. The van der Waals surface area contributed by atoms with Crippen LogP contribution in [0.3, 0.4) is 0 Å². The Morgan fingerprint density at radius 1 is 1.22 bits per heavy atom. The first-order valence-corrected chi connectivity index (χ1v) is 8.03. The quantitative estimate of drug-likeness (QED) is 0.932. The van der Waals surface area contributed by atoms with Crippen molar-refractivity contribution in [2.24, 2.45) is 0 Å². The predicted molar refractivity (Wildman–Crippen MR) is 89.2 cm³/mol. The summed E-state index contributed by atoms with van der Waals surface area (Å²) in [5.41, 5.74) is 3.06. The van der Waals surface area contributed by atoms with Gasteiger partial charge in [-0.1, -0.05) is 35.9 Å². The number of hydrogen-bond donors (Lipinski definition) is 1. The van der Waals surface area contributed by atoms with Crippen LogP contribution in [-0.4, -0.2) is 30.4 Å². The Morgan fingerprint density at radius 2 is 2.00 bits per heavy atom. The molecule has 0 bridgehead atoms. The minimum Gasteiger partial charge on any atom is -0.351 e.